The molecule has 0 aromatic carbocycles. The van der Waals surface area contributed by atoms with Crippen LogP contribution in [0.3, 0.4) is 0 Å². The Bertz CT molecular complexity index is 257. The first kappa shape index (κ1) is 16.4. The molecular formula is C15H30N2O2. The molecule has 0 aromatic heterocycles. The third-order valence-corrected chi connectivity index (χ3v) is 4.25. The van der Waals surface area contributed by atoms with Gasteiger partial charge in [-0.05, 0) is 25.7 Å². The Labute approximate surface area is 117 Å². The van der Waals surface area contributed by atoms with Crippen molar-refractivity contribution in [3.63, 3.8) is 0 Å². The lowest BCUT2D eigenvalue weighted by molar-refractivity contribution is -0.127. The number of rotatable bonds is 7. The predicted molar refractivity (Wildman–Crippen MR) is 78.0 cm³/mol. The third-order valence-electron chi connectivity index (χ3n) is 4.25. The Balaban J connectivity index is 2.20. The fourth-order valence-corrected chi connectivity index (χ4v) is 2.49. The summed E-state index contributed by atoms with van der Waals surface area (Å²) < 4.78 is 5.48. The molecule has 0 bridgehead atoms. The zero-order valence-electron chi connectivity index (χ0n) is 12.5. The number of ether oxygens (including phenoxy) is 1. The van der Waals surface area contributed by atoms with E-state index in [1.807, 2.05) is 0 Å². The van der Waals surface area contributed by atoms with Crippen LogP contribution in [0.2, 0.25) is 0 Å². The van der Waals surface area contributed by atoms with Gasteiger partial charge < -0.3 is 15.8 Å². The summed E-state index contributed by atoms with van der Waals surface area (Å²) in [6.07, 6.45) is 9.00. The lowest BCUT2D eigenvalue weighted by Crippen LogP contribution is -2.44. The van der Waals surface area contributed by atoms with E-state index in [2.05, 4.69) is 19.2 Å². The average Bonchev–Trinajstić information content (AvgIpc) is 2.67. The van der Waals surface area contributed by atoms with Crippen LogP contribution in [0.1, 0.15) is 65.2 Å². The molecule has 0 saturated heterocycles. The minimum Gasteiger partial charge on any atom is -0.370 e. The largest absolute Gasteiger partial charge is 0.370 e. The Morgan fingerprint density at radius 1 is 1.21 bits per heavy atom. The van der Waals surface area contributed by atoms with E-state index in [0.29, 0.717) is 12.6 Å². The highest BCUT2D eigenvalue weighted by Gasteiger charge is 2.21. The summed E-state index contributed by atoms with van der Waals surface area (Å²) in [7, 11) is 0. The van der Waals surface area contributed by atoms with Crippen LogP contribution >= 0.6 is 0 Å². The molecule has 0 spiro atoms. The number of hydrogen-bond acceptors (Lipinski definition) is 3. The van der Waals surface area contributed by atoms with Crippen molar-refractivity contribution in [2.24, 2.45) is 5.73 Å². The van der Waals surface area contributed by atoms with Crippen LogP contribution in [0.15, 0.2) is 0 Å². The third kappa shape index (κ3) is 6.39. The van der Waals surface area contributed by atoms with Crippen molar-refractivity contribution in [3.05, 3.63) is 0 Å². The molecule has 0 radical (unpaired) electrons. The van der Waals surface area contributed by atoms with Crippen molar-refractivity contribution in [1.82, 2.24) is 5.32 Å². The highest BCUT2D eigenvalue weighted by molar-refractivity contribution is 5.77. The fourth-order valence-electron chi connectivity index (χ4n) is 2.49. The number of amides is 1. The van der Waals surface area contributed by atoms with E-state index in [4.69, 9.17) is 10.5 Å². The Hall–Kier alpha value is -0.610. The van der Waals surface area contributed by atoms with Gasteiger partial charge in [-0.3, -0.25) is 4.79 Å². The van der Waals surface area contributed by atoms with E-state index in [0.717, 1.165) is 25.7 Å². The van der Waals surface area contributed by atoms with Crippen LogP contribution in [0, 0.1) is 0 Å². The van der Waals surface area contributed by atoms with Gasteiger partial charge in [0.1, 0.15) is 6.61 Å². The molecule has 1 saturated carbocycles. The van der Waals surface area contributed by atoms with Crippen molar-refractivity contribution < 1.29 is 9.53 Å². The SMILES string of the molecule is CCC(N)(CC)COCC(=O)NC1CCCCCC1. The highest BCUT2D eigenvalue weighted by atomic mass is 16.5. The molecule has 0 heterocycles. The maximum absolute atomic E-state index is 11.8. The molecule has 1 rings (SSSR count). The second kappa shape index (κ2) is 8.54. The topological polar surface area (TPSA) is 64.3 Å². The van der Waals surface area contributed by atoms with Crippen LogP contribution in [0.5, 0.6) is 0 Å². The van der Waals surface area contributed by atoms with Crippen molar-refractivity contribution >= 4 is 5.91 Å². The average molecular weight is 270 g/mol. The maximum Gasteiger partial charge on any atom is 0.246 e. The monoisotopic (exact) mass is 270 g/mol. The van der Waals surface area contributed by atoms with Gasteiger partial charge in [-0.15, -0.1) is 0 Å². The lowest BCUT2D eigenvalue weighted by atomic mass is 9.96. The summed E-state index contributed by atoms with van der Waals surface area (Å²) in [5.74, 6) is 0.00135. The fraction of sp³-hybridized carbons (Fsp3) is 0.933. The van der Waals surface area contributed by atoms with Gasteiger partial charge in [0.2, 0.25) is 5.91 Å². The van der Waals surface area contributed by atoms with Crippen molar-refractivity contribution in [2.75, 3.05) is 13.2 Å². The molecule has 19 heavy (non-hydrogen) atoms. The Morgan fingerprint density at radius 2 is 1.79 bits per heavy atom. The molecule has 1 aliphatic carbocycles. The molecule has 112 valence electrons. The molecule has 1 aliphatic rings. The van der Waals surface area contributed by atoms with Gasteiger partial charge >= 0.3 is 0 Å². The maximum atomic E-state index is 11.8. The number of carbonyl (C=O) groups is 1. The minimum atomic E-state index is -0.289. The first-order valence-electron chi connectivity index (χ1n) is 7.75. The zero-order chi connectivity index (χ0) is 14.1. The first-order valence-corrected chi connectivity index (χ1v) is 7.75. The summed E-state index contributed by atoms with van der Waals surface area (Å²) >= 11 is 0. The van der Waals surface area contributed by atoms with Crippen LogP contribution in [0.4, 0.5) is 0 Å². The second-order valence-corrected chi connectivity index (χ2v) is 5.82. The van der Waals surface area contributed by atoms with Crippen LogP contribution in [0.25, 0.3) is 0 Å². The molecule has 0 aliphatic heterocycles. The van der Waals surface area contributed by atoms with Gasteiger partial charge in [0.05, 0.1) is 6.61 Å². The van der Waals surface area contributed by atoms with Crippen LogP contribution in [-0.4, -0.2) is 30.7 Å². The second-order valence-electron chi connectivity index (χ2n) is 5.82. The van der Waals surface area contributed by atoms with E-state index in [1.54, 1.807) is 0 Å². The number of hydrogen-bond donors (Lipinski definition) is 2. The lowest BCUT2D eigenvalue weighted by Gasteiger charge is -2.26. The molecule has 0 unspecified atom stereocenters. The number of nitrogens with two attached hydrogens (primary N) is 1. The Morgan fingerprint density at radius 3 is 2.32 bits per heavy atom. The standard InChI is InChI=1S/C15H30N2O2/c1-3-15(16,4-2)12-19-11-14(18)17-13-9-7-5-6-8-10-13/h13H,3-12,16H2,1-2H3,(H,17,18). The van der Waals surface area contributed by atoms with E-state index in [9.17, 15) is 4.79 Å². The molecular weight excluding hydrogens is 240 g/mol. The van der Waals surface area contributed by atoms with E-state index < -0.39 is 0 Å². The minimum absolute atomic E-state index is 0.00135. The molecule has 4 heteroatoms. The number of carbonyl (C=O) groups excluding carboxylic acids is 1. The predicted octanol–water partition coefficient (Wildman–Crippen LogP) is 2.36. The van der Waals surface area contributed by atoms with Gasteiger partial charge in [0.25, 0.3) is 0 Å². The summed E-state index contributed by atoms with van der Waals surface area (Å²) in [4.78, 5) is 11.8. The molecule has 1 fully saturated rings. The van der Waals surface area contributed by atoms with E-state index in [-0.39, 0.29) is 18.1 Å². The number of nitrogens with one attached hydrogen (secondary N) is 1. The molecule has 0 aromatic rings. The zero-order valence-corrected chi connectivity index (χ0v) is 12.5. The van der Waals surface area contributed by atoms with E-state index in [1.165, 1.54) is 25.7 Å². The van der Waals surface area contributed by atoms with Gasteiger partial charge in [0.15, 0.2) is 0 Å². The molecule has 0 atom stereocenters. The Kier molecular flexibility index (Phi) is 7.39. The first-order chi connectivity index (χ1) is 9.09. The normalized spacial score (nSPS) is 18.1. The van der Waals surface area contributed by atoms with Crippen molar-refractivity contribution in [2.45, 2.75) is 76.8 Å². The summed E-state index contributed by atoms with van der Waals surface area (Å²) in [5, 5.41) is 3.08. The quantitative estimate of drug-likeness (QED) is 0.698. The summed E-state index contributed by atoms with van der Waals surface area (Å²) in [6.45, 7) is 4.70. The molecule has 4 nitrogen and oxygen atoms in total. The molecule has 3 N–H and O–H groups in total. The van der Waals surface area contributed by atoms with Gasteiger partial charge in [-0.25, -0.2) is 0 Å². The smallest absolute Gasteiger partial charge is 0.246 e. The van der Waals surface area contributed by atoms with Gasteiger partial charge in [-0.1, -0.05) is 39.5 Å². The van der Waals surface area contributed by atoms with Crippen LogP contribution in [-0.2, 0) is 9.53 Å². The molecule has 1 amide bonds. The highest BCUT2D eigenvalue weighted by Crippen LogP contribution is 2.17. The van der Waals surface area contributed by atoms with Crippen molar-refractivity contribution in [1.29, 1.82) is 0 Å². The summed E-state index contributed by atoms with van der Waals surface area (Å²) in [6, 6.07) is 0.346. The van der Waals surface area contributed by atoms with E-state index >= 15 is 0 Å². The van der Waals surface area contributed by atoms with Gasteiger partial charge in [0, 0.05) is 11.6 Å². The van der Waals surface area contributed by atoms with Gasteiger partial charge in [-0.2, -0.15) is 0 Å². The van der Waals surface area contributed by atoms with Crippen molar-refractivity contribution in [3.8, 4) is 0 Å². The summed E-state index contributed by atoms with van der Waals surface area (Å²) in [5.41, 5.74) is 5.84. The van der Waals surface area contributed by atoms with Crippen LogP contribution < -0.4 is 11.1 Å².